The lowest BCUT2D eigenvalue weighted by Crippen LogP contribution is -2.02. The molecule has 2 aromatic carbocycles. The van der Waals surface area contributed by atoms with Crippen LogP contribution in [0.3, 0.4) is 0 Å². The van der Waals surface area contributed by atoms with E-state index in [4.69, 9.17) is 10.00 Å². The second-order valence-electron chi connectivity index (χ2n) is 5.18. The lowest BCUT2D eigenvalue weighted by Gasteiger charge is -2.07. The second-order valence-corrected chi connectivity index (χ2v) is 6.24. The van der Waals surface area contributed by atoms with Gasteiger partial charge in [-0.05, 0) is 30.3 Å². The summed E-state index contributed by atoms with van der Waals surface area (Å²) < 4.78 is 21.3. The van der Waals surface area contributed by atoms with E-state index in [1.54, 1.807) is 48.0 Å². The summed E-state index contributed by atoms with van der Waals surface area (Å²) >= 11 is 1.47. The molecule has 0 amide bonds. The SMILES string of the molecule is Cn1c(SCCOc2cccc(C#N)c2)nnc1-c1ccccc1F. The third-order valence-corrected chi connectivity index (χ3v) is 4.48. The van der Waals surface area contributed by atoms with Crippen LogP contribution >= 0.6 is 11.8 Å². The molecule has 0 aliphatic heterocycles. The summed E-state index contributed by atoms with van der Waals surface area (Å²) in [5.41, 5.74) is 0.988. The molecule has 3 aromatic rings. The van der Waals surface area contributed by atoms with E-state index in [1.807, 2.05) is 6.07 Å². The first-order chi connectivity index (χ1) is 12.2. The topological polar surface area (TPSA) is 63.7 Å². The van der Waals surface area contributed by atoms with Crippen LogP contribution in [-0.4, -0.2) is 27.1 Å². The Labute approximate surface area is 149 Å². The van der Waals surface area contributed by atoms with E-state index < -0.39 is 0 Å². The Bertz CT molecular complexity index is 919. The van der Waals surface area contributed by atoms with Gasteiger partial charge >= 0.3 is 0 Å². The zero-order valence-corrected chi connectivity index (χ0v) is 14.3. The molecule has 0 aliphatic rings. The zero-order chi connectivity index (χ0) is 17.6. The average Bonchev–Trinajstić information content (AvgIpc) is 3.00. The van der Waals surface area contributed by atoms with Gasteiger partial charge in [-0.2, -0.15) is 5.26 Å². The zero-order valence-electron chi connectivity index (χ0n) is 13.5. The van der Waals surface area contributed by atoms with Crippen LogP contribution in [0.1, 0.15) is 5.56 Å². The molecule has 0 saturated carbocycles. The summed E-state index contributed by atoms with van der Waals surface area (Å²) in [6, 6.07) is 15.6. The number of rotatable bonds is 6. The van der Waals surface area contributed by atoms with Crippen LogP contribution in [0.4, 0.5) is 4.39 Å². The van der Waals surface area contributed by atoms with Gasteiger partial charge in [-0.3, -0.25) is 0 Å². The minimum absolute atomic E-state index is 0.324. The van der Waals surface area contributed by atoms with E-state index >= 15 is 0 Å². The van der Waals surface area contributed by atoms with E-state index in [0.717, 1.165) is 0 Å². The highest BCUT2D eigenvalue weighted by Gasteiger charge is 2.14. The average molecular weight is 354 g/mol. The van der Waals surface area contributed by atoms with E-state index in [9.17, 15) is 4.39 Å². The molecule has 3 rings (SSSR count). The largest absolute Gasteiger partial charge is 0.493 e. The van der Waals surface area contributed by atoms with Crippen molar-refractivity contribution < 1.29 is 9.13 Å². The van der Waals surface area contributed by atoms with E-state index in [0.29, 0.717) is 40.2 Å². The smallest absolute Gasteiger partial charge is 0.191 e. The van der Waals surface area contributed by atoms with Gasteiger partial charge in [0.1, 0.15) is 11.6 Å². The molecule has 0 aliphatic carbocycles. The van der Waals surface area contributed by atoms with Crippen molar-refractivity contribution >= 4 is 11.8 Å². The van der Waals surface area contributed by atoms with Crippen molar-refractivity contribution in [3.63, 3.8) is 0 Å². The number of nitrogens with zero attached hydrogens (tertiary/aromatic N) is 4. The van der Waals surface area contributed by atoms with Gasteiger partial charge in [0.2, 0.25) is 0 Å². The Morgan fingerprint density at radius 1 is 1.20 bits per heavy atom. The number of benzene rings is 2. The van der Waals surface area contributed by atoms with Gasteiger partial charge in [0, 0.05) is 12.8 Å². The number of aromatic nitrogens is 3. The van der Waals surface area contributed by atoms with E-state index in [-0.39, 0.29) is 5.82 Å². The van der Waals surface area contributed by atoms with Crippen molar-refractivity contribution in [3.05, 3.63) is 59.9 Å². The molecule has 0 atom stereocenters. The molecule has 0 bridgehead atoms. The molecule has 126 valence electrons. The molecule has 1 aromatic heterocycles. The summed E-state index contributed by atoms with van der Waals surface area (Å²) in [4.78, 5) is 0. The highest BCUT2D eigenvalue weighted by Crippen LogP contribution is 2.24. The number of ether oxygens (including phenoxy) is 1. The predicted molar refractivity (Wildman–Crippen MR) is 93.8 cm³/mol. The van der Waals surface area contributed by atoms with Crippen molar-refractivity contribution in [3.8, 4) is 23.2 Å². The monoisotopic (exact) mass is 354 g/mol. The Morgan fingerprint density at radius 3 is 2.84 bits per heavy atom. The predicted octanol–water partition coefficient (Wildman–Crippen LogP) is 3.66. The van der Waals surface area contributed by atoms with Crippen LogP contribution in [-0.2, 0) is 7.05 Å². The number of halogens is 1. The Hall–Kier alpha value is -2.85. The van der Waals surface area contributed by atoms with Crippen molar-refractivity contribution in [1.82, 2.24) is 14.8 Å². The molecule has 0 unspecified atom stereocenters. The molecular weight excluding hydrogens is 339 g/mol. The summed E-state index contributed by atoms with van der Waals surface area (Å²) in [6.07, 6.45) is 0. The normalized spacial score (nSPS) is 10.4. The van der Waals surface area contributed by atoms with E-state index in [2.05, 4.69) is 16.3 Å². The summed E-state index contributed by atoms with van der Waals surface area (Å²) in [7, 11) is 1.81. The number of thioether (sulfide) groups is 1. The first-order valence-corrected chi connectivity index (χ1v) is 8.57. The van der Waals surface area contributed by atoms with Gasteiger partial charge in [0.05, 0.1) is 23.8 Å². The van der Waals surface area contributed by atoms with Crippen molar-refractivity contribution in [2.24, 2.45) is 7.05 Å². The Morgan fingerprint density at radius 2 is 2.04 bits per heavy atom. The Kier molecular flexibility index (Phi) is 5.31. The molecule has 7 heteroatoms. The molecule has 0 spiro atoms. The van der Waals surface area contributed by atoms with Gasteiger partial charge in [0.15, 0.2) is 11.0 Å². The highest BCUT2D eigenvalue weighted by atomic mass is 32.2. The second kappa shape index (κ2) is 7.81. The fraction of sp³-hybridized carbons (Fsp3) is 0.167. The third-order valence-electron chi connectivity index (χ3n) is 3.50. The fourth-order valence-electron chi connectivity index (χ4n) is 2.27. The molecule has 0 radical (unpaired) electrons. The first kappa shape index (κ1) is 17.0. The fourth-order valence-corrected chi connectivity index (χ4v) is 2.99. The molecule has 25 heavy (non-hydrogen) atoms. The summed E-state index contributed by atoms with van der Waals surface area (Å²) in [6.45, 7) is 0.460. The lowest BCUT2D eigenvalue weighted by atomic mass is 10.2. The van der Waals surface area contributed by atoms with Crippen molar-refractivity contribution in [2.45, 2.75) is 5.16 Å². The van der Waals surface area contributed by atoms with Gasteiger partial charge in [-0.25, -0.2) is 4.39 Å². The third kappa shape index (κ3) is 3.98. The van der Waals surface area contributed by atoms with Gasteiger partial charge in [0.25, 0.3) is 0 Å². The van der Waals surface area contributed by atoms with Crippen molar-refractivity contribution in [1.29, 1.82) is 5.26 Å². The minimum atomic E-state index is -0.324. The van der Waals surface area contributed by atoms with Gasteiger partial charge in [-0.1, -0.05) is 30.0 Å². The van der Waals surface area contributed by atoms with Crippen molar-refractivity contribution in [2.75, 3.05) is 12.4 Å². The van der Waals surface area contributed by atoms with Crippen LogP contribution in [0.5, 0.6) is 5.75 Å². The van der Waals surface area contributed by atoms with Crippen LogP contribution < -0.4 is 4.74 Å². The number of nitriles is 1. The molecule has 1 heterocycles. The quantitative estimate of drug-likeness (QED) is 0.499. The van der Waals surface area contributed by atoms with Gasteiger partial charge in [-0.15, -0.1) is 10.2 Å². The van der Waals surface area contributed by atoms with Crippen LogP contribution in [0.2, 0.25) is 0 Å². The van der Waals surface area contributed by atoms with Crippen LogP contribution in [0.25, 0.3) is 11.4 Å². The maximum Gasteiger partial charge on any atom is 0.191 e. The minimum Gasteiger partial charge on any atom is -0.493 e. The van der Waals surface area contributed by atoms with Crippen LogP contribution in [0.15, 0.2) is 53.7 Å². The molecular formula is C18H15FN4OS. The number of hydrogen-bond donors (Lipinski definition) is 0. The molecule has 5 nitrogen and oxygen atoms in total. The first-order valence-electron chi connectivity index (χ1n) is 7.59. The summed E-state index contributed by atoms with van der Waals surface area (Å²) in [5, 5.41) is 17.8. The van der Waals surface area contributed by atoms with E-state index in [1.165, 1.54) is 17.8 Å². The Balaban J connectivity index is 1.59. The van der Waals surface area contributed by atoms with Gasteiger partial charge < -0.3 is 9.30 Å². The maximum absolute atomic E-state index is 13.9. The highest BCUT2D eigenvalue weighted by molar-refractivity contribution is 7.99. The standard InChI is InChI=1S/C18H15FN4OS/c1-23-17(15-7-2-3-8-16(15)19)21-22-18(23)25-10-9-24-14-6-4-5-13(11-14)12-20/h2-8,11H,9-10H2,1H3. The molecule has 0 N–H and O–H groups in total. The maximum atomic E-state index is 13.9. The molecule has 0 saturated heterocycles. The molecule has 0 fully saturated rings. The lowest BCUT2D eigenvalue weighted by molar-refractivity contribution is 0.343. The number of hydrogen-bond acceptors (Lipinski definition) is 5. The summed E-state index contributed by atoms with van der Waals surface area (Å²) in [5.74, 6) is 1.48. The van der Waals surface area contributed by atoms with Crippen LogP contribution in [0, 0.1) is 17.1 Å².